The zero-order valence-electron chi connectivity index (χ0n) is 13.3. The summed E-state index contributed by atoms with van der Waals surface area (Å²) in [6, 6.07) is 0.167. The Morgan fingerprint density at radius 1 is 1.10 bits per heavy atom. The highest BCUT2D eigenvalue weighted by Crippen LogP contribution is 2.40. The molecule has 2 atom stereocenters. The van der Waals surface area contributed by atoms with Gasteiger partial charge in [-0.05, 0) is 44.1 Å². The summed E-state index contributed by atoms with van der Waals surface area (Å²) in [6.07, 6.45) is 8.11. The molecule has 118 valence electrons. The van der Waals surface area contributed by atoms with E-state index in [0.717, 1.165) is 51.5 Å². The van der Waals surface area contributed by atoms with Crippen molar-refractivity contribution in [3.8, 4) is 0 Å². The van der Waals surface area contributed by atoms with E-state index in [1.165, 1.54) is 6.42 Å². The summed E-state index contributed by atoms with van der Waals surface area (Å²) in [5, 5.41) is 3.19. The van der Waals surface area contributed by atoms with Crippen LogP contribution in [0.3, 0.4) is 0 Å². The van der Waals surface area contributed by atoms with Crippen LogP contribution in [0.2, 0.25) is 0 Å². The van der Waals surface area contributed by atoms with E-state index in [0.29, 0.717) is 0 Å². The second-order valence-electron chi connectivity index (χ2n) is 7.46. The van der Waals surface area contributed by atoms with Gasteiger partial charge in [-0.2, -0.15) is 0 Å². The molecule has 3 nitrogen and oxygen atoms in total. The van der Waals surface area contributed by atoms with Crippen LogP contribution in [0.25, 0.3) is 0 Å². The molecule has 0 aromatic carbocycles. The Morgan fingerprint density at radius 2 is 1.75 bits per heavy atom. The Labute approximate surface area is 124 Å². The topological polar surface area (TPSA) is 46.2 Å². The largest absolute Gasteiger partial charge is 0.313 e. The third kappa shape index (κ3) is 3.56. The van der Waals surface area contributed by atoms with Crippen molar-refractivity contribution in [2.24, 2.45) is 5.41 Å². The molecular weight excluding hydrogens is 270 g/mol. The molecule has 2 saturated carbocycles. The van der Waals surface area contributed by atoms with Crippen LogP contribution in [0.1, 0.15) is 72.1 Å². The van der Waals surface area contributed by atoms with Gasteiger partial charge in [-0.3, -0.25) is 0 Å². The molecule has 1 N–H and O–H groups in total. The first-order valence-corrected chi connectivity index (χ1v) is 9.94. The maximum atomic E-state index is 13.1. The van der Waals surface area contributed by atoms with Gasteiger partial charge in [-0.1, -0.05) is 40.0 Å². The van der Waals surface area contributed by atoms with Gasteiger partial charge in [0.2, 0.25) is 0 Å². The van der Waals surface area contributed by atoms with E-state index in [2.05, 4.69) is 26.1 Å². The zero-order valence-corrected chi connectivity index (χ0v) is 14.1. The summed E-state index contributed by atoms with van der Waals surface area (Å²) >= 11 is 0. The van der Waals surface area contributed by atoms with E-state index in [4.69, 9.17) is 0 Å². The lowest BCUT2D eigenvalue weighted by atomic mass is 9.75. The minimum Gasteiger partial charge on any atom is -0.313 e. The molecule has 0 spiro atoms. The van der Waals surface area contributed by atoms with Gasteiger partial charge in [0.15, 0.2) is 9.84 Å². The predicted octanol–water partition coefficient (Wildman–Crippen LogP) is 3.29. The van der Waals surface area contributed by atoms with E-state index >= 15 is 0 Å². The molecule has 4 heteroatoms. The summed E-state index contributed by atoms with van der Waals surface area (Å²) in [7, 11) is -2.99. The minimum atomic E-state index is -2.99. The summed E-state index contributed by atoms with van der Waals surface area (Å²) in [4.78, 5) is 0. The molecule has 0 bridgehead atoms. The van der Waals surface area contributed by atoms with Gasteiger partial charge >= 0.3 is 0 Å². The Bertz CT molecular complexity index is 410. The van der Waals surface area contributed by atoms with Crippen LogP contribution in [0.15, 0.2) is 0 Å². The van der Waals surface area contributed by atoms with Crippen LogP contribution < -0.4 is 5.32 Å². The predicted molar refractivity (Wildman–Crippen MR) is 84.7 cm³/mol. The Hall–Kier alpha value is -0.0900. The molecule has 0 amide bonds. The fourth-order valence-corrected chi connectivity index (χ4v) is 6.86. The highest BCUT2D eigenvalue weighted by atomic mass is 32.2. The number of hydrogen-bond acceptors (Lipinski definition) is 3. The monoisotopic (exact) mass is 301 g/mol. The third-order valence-corrected chi connectivity index (χ3v) is 7.98. The highest BCUT2D eigenvalue weighted by molar-refractivity contribution is 7.92. The van der Waals surface area contributed by atoms with Crippen LogP contribution >= 0.6 is 0 Å². The van der Waals surface area contributed by atoms with Crippen molar-refractivity contribution in [1.29, 1.82) is 0 Å². The highest BCUT2D eigenvalue weighted by Gasteiger charge is 2.44. The van der Waals surface area contributed by atoms with Crippen molar-refractivity contribution < 1.29 is 8.42 Å². The molecule has 2 rings (SSSR count). The van der Waals surface area contributed by atoms with Gasteiger partial charge in [-0.15, -0.1) is 0 Å². The van der Waals surface area contributed by atoms with Crippen molar-refractivity contribution >= 4 is 9.84 Å². The molecule has 0 aromatic rings. The second kappa shape index (κ2) is 6.35. The van der Waals surface area contributed by atoms with Gasteiger partial charge in [0.25, 0.3) is 0 Å². The molecule has 0 saturated heterocycles. The molecule has 2 unspecified atom stereocenters. The molecule has 0 aromatic heterocycles. The van der Waals surface area contributed by atoms with E-state index in [-0.39, 0.29) is 22.0 Å². The first kappa shape index (κ1) is 16.3. The maximum absolute atomic E-state index is 13.1. The first-order chi connectivity index (χ1) is 9.37. The number of rotatable bonds is 4. The standard InChI is InChI=1S/C16H31NO2S/c1-4-17-14-10-11-16(2,3)12-15(14)20(18,19)13-8-6-5-7-9-13/h13-15,17H,4-12H2,1-3H3. The van der Waals surface area contributed by atoms with Gasteiger partial charge in [0, 0.05) is 6.04 Å². The van der Waals surface area contributed by atoms with Crippen LogP contribution in [-0.4, -0.2) is 31.5 Å². The molecule has 2 aliphatic rings. The normalized spacial score (nSPS) is 32.1. The average Bonchev–Trinajstić information content (AvgIpc) is 2.42. The summed E-state index contributed by atoms with van der Waals surface area (Å²) < 4.78 is 26.1. The minimum absolute atomic E-state index is 0.0729. The molecule has 0 radical (unpaired) electrons. The number of nitrogens with one attached hydrogen (secondary N) is 1. The van der Waals surface area contributed by atoms with Crippen molar-refractivity contribution in [2.45, 2.75) is 88.7 Å². The fourth-order valence-electron chi connectivity index (χ4n) is 4.00. The summed E-state index contributed by atoms with van der Waals surface area (Å²) in [5.41, 5.74) is 0.165. The molecule has 0 heterocycles. The van der Waals surface area contributed by atoms with E-state index < -0.39 is 9.84 Å². The van der Waals surface area contributed by atoms with E-state index in [1.807, 2.05) is 0 Å². The van der Waals surface area contributed by atoms with Crippen molar-refractivity contribution in [2.75, 3.05) is 6.54 Å². The maximum Gasteiger partial charge on any atom is 0.157 e. The third-order valence-electron chi connectivity index (χ3n) is 5.24. The average molecular weight is 301 g/mol. The number of hydrogen-bond donors (Lipinski definition) is 1. The van der Waals surface area contributed by atoms with Gasteiger partial charge in [0.05, 0.1) is 10.5 Å². The van der Waals surface area contributed by atoms with E-state index in [9.17, 15) is 8.42 Å². The van der Waals surface area contributed by atoms with Crippen LogP contribution in [0.4, 0.5) is 0 Å². The molecular formula is C16H31NO2S. The smallest absolute Gasteiger partial charge is 0.157 e. The zero-order chi connectivity index (χ0) is 14.8. The summed E-state index contributed by atoms with van der Waals surface area (Å²) in [5.74, 6) is 0. The Balaban J connectivity index is 2.19. The number of sulfone groups is 1. The fraction of sp³-hybridized carbons (Fsp3) is 1.00. The van der Waals surface area contributed by atoms with Crippen LogP contribution in [0, 0.1) is 5.41 Å². The van der Waals surface area contributed by atoms with E-state index in [1.54, 1.807) is 0 Å². The first-order valence-electron chi connectivity index (χ1n) is 8.33. The van der Waals surface area contributed by atoms with Crippen molar-refractivity contribution in [3.05, 3.63) is 0 Å². The lowest BCUT2D eigenvalue weighted by Crippen LogP contribution is -2.52. The lowest BCUT2D eigenvalue weighted by Gasteiger charge is -2.42. The quantitative estimate of drug-likeness (QED) is 0.866. The van der Waals surface area contributed by atoms with Crippen molar-refractivity contribution in [1.82, 2.24) is 5.32 Å². The van der Waals surface area contributed by atoms with Crippen LogP contribution in [0.5, 0.6) is 0 Å². The second-order valence-corrected chi connectivity index (χ2v) is 9.91. The van der Waals surface area contributed by atoms with Gasteiger partial charge in [-0.25, -0.2) is 8.42 Å². The van der Waals surface area contributed by atoms with Crippen LogP contribution in [-0.2, 0) is 9.84 Å². The molecule has 0 aliphatic heterocycles. The Morgan fingerprint density at radius 3 is 2.35 bits per heavy atom. The van der Waals surface area contributed by atoms with Gasteiger partial charge < -0.3 is 5.32 Å². The van der Waals surface area contributed by atoms with Crippen molar-refractivity contribution in [3.63, 3.8) is 0 Å². The van der Waals surface area contributed by atoms with Gasteiger partial charge in [0.1, 0.15) is 0 Å². The molecule has 20 heavy (non-hydrogen) atoms. The SMILES string of the molecule is CCNC1CCC(C)(C)CC1S(=O)(=O)C1CCCCC1. The summed E-state index contributed by atoms with van der Waals surface area (Å²) in [6.45, 7) is 7.38. The molecule has 2 fully saturated rings. The Kier molecular flexibility index (Phi) is 5.17. The lowest BCUT2D eigenvalue weighted by molar-refractivity contribution is 0.209. The molecule has 2 aliphatic carbocycles.